The maximum absolute atomic E-state index is 12.9. The first-order valence-electron chi connectivity index (χ1n) is 8.95. The standard InChI is InChI=1S/C19H23N4O4S/c1-5-27-14(24)11-28-18-20-16-15(17(25)22(4)19(26)21(16)3)23(18)10-13-8-6-7-12(2)9-13/h6-9,15H,5,10-11H2,1-4H3/q+1. The maximum Gasteiger partial charge on any atom is 0.358 e. The molecule has 1 atom stereocenters. The number of hydrogen-bond acceptors (Lipinski definition) is 6. The molecule has 9 heteroatoms. The van der Waals surface area contributed by atoms with Gasteiger partial charge in [-0.2, -0.15) is 0 Å². The van der Waals surface area contributed by atoms with Gasteiger partial charge in [0.2, 0.25) is 0 Å². The van der Waals surface area contributed by atoms with Gasteiger partial charge >= 0.3 is 17.2 Å². The van der Waals surface area contributed by atoms with E-state index in [1.165, 1.54) is 23.7 Å². The smallest absolute Gasteiger partial charge is 0.358 e. The Kier molecular flexibility index (Phi) is 5.83. The molecule has 2 heterocycles. The molecule has 0 radical (unpaired) electrons. The summed E-state index contributed by atoms with van der Waals surface area (Å²) < 4.78 is 6.83. The SMILES string of the molecule is CCOC(=O)CSC1=[N+](Cc2cccc(C)c2)C2C(=O)N(C)C(=O)N(C)C2=N1. The first-order valence-corrected chi connectivity index (χ1v) is 9.93. The molecule has 8 nitrogen and oxygen atoms in total. The predicted octanol–water partition coefficient (Wildman–Crippen LogP) is 1.46. The van der Waals surface area contributed by atoms with Crippen LogP contribution in [0.5, 0.6) is 0 Å². The fourth-order valence-corrected chi connectivity index (χ4v) is 4.01. The number of benzene rings is 1. The van der Waals surface area contributed by atoms with Gasteiger partial charge in [0.15, 0.2) is 0 Å². The number of carbonyl (C=O) groups is 3. The topological polar surface area (TPSA) is 82.3 Å². The van der Waals surface area contributed by atoms with Crippen molar-refractivity contribution in [1.82, 2.24) is 9.80 Å². The zero-order chi connectivity index (χ0) is 20.4. The molecule has 1 unspecified atom stereocenters. The first-order chi connectivity index (χ1) is 13.3. The Bertz CT molecular complexity index is 896. The molecule has 0 saturated carbocycles. The van der Waals surface area contributed by atoms with Gasteiger partial charge in [0.05, 0.1) is 6.61 Å². The normalized spacial score (nSPS) is 19.1. The lowest BCUT2D eigenvalue weighted by Crippen LogP contribution is -2.61. The van der Waals surface area contributed by atoms with Gasteiger partial charge in [-0.15, -0.1) is 0 Å². The highest BCUT2D eigenvalue weighted by Gasteiger charge is 2.53. The number of amidine groups is 2. The van der Waals surface area contributed by atoms with Crippen molar-refractivity contribution in [2.45, 2.75) is 26.4 Å². The summed E-state index contributed by atoms with van der Waals surface area (Å²) in [5.41, 5.74) is 2.12. The number of esters is 1. The second-order valence-electron chi connectivity index (χ2n) is 6.60. The quantitative estimate of drug-likeness (QED) is 0.549. The molecule has 28 heavy (non-hydrogen) atoms. The molecule has 2 aliphatic rings. The fourth-order valence-electron chi connectivity index (χ4n) is 3.18. The number of fused-ring (bicyclic) bond motifs is 1. The Morgan fingerprint density at radius 3 is 2.71 bits per heavy atom. The van der Waals surface area contributed by atoms with Crippen molar-refractivity contribution in [1.29, 1.82) is 0 Å². The third-order valence-electron chi connectivity index (χ3n) is 4.55. The van der Waals surface area contributed by atoms with Gasteiger partial charge in [-0.25, -0.2) is 9.37 Å². The minimum absolute atomic E-state index is 0.0820. The molecule has 148 valence electrons. The Labute approximate surface area is 167 Å². The molecule has 1 aromatic carbocycles. The van der Waals surface area contributed by atoms with Crippen LogP contribution >= 0.6 is 11.8 Å². The van der Waals surface area contributed by atoms with Gasteiger partial charge in [-0.05, 0) is 36.2 Å². The monoisotopic (exact) mass is 403 g/mol. The zero-order valence-electron chi connectivity index (χ0n) is 16.3. The number of aryl methyl sites for hydroxylation is 1. The van der Waals surface area contributed by atoms with E-state index in [0.717, 1.165) is 16.0 Å². The molecular formula is C19H23N4O4S+. The van der Waals surface area contributed by atoms with Crippen molar-refractivity contribution in [2.24, 2.45) is 4.99 Å². The number of ether oxygens (including phenoxy) is 1. The number of carbonyl (C=O) groups excluding carboxylic acids is 3. The molecule has 3 amide bonds. The summed E-state index contributed by atoms with van der Waals surface area (Å²) in [7, 11) is 3.06. The van der Waals surface area contributed by atoms with E-state index in [1.807, 2.05) is 35.8 Å². The van der Waals surface area contributed by atoms with Gasteiger partial charge in [-0.3, -0.25) is 19.4 Å². The Balaban J connectivity index is 1.95. The Morgan fingerprint density at radius 2 is 2.04 bits per heavy atom. The van der Waals surface area contributed by atoms with Gasteiger partial charge in [-0.1, -0.05) is 29.8 Å². The lowest BCUT2D eigenvalue weighted by molar-refractivity contribution is -0.548. The van der Waals surface area contributed by atoms with E-state index in [4.69, 9.17) is 4.74 Å². The van der Waals surface area contributed by atoms with Gasteiger partial charge in [0.1, 0.15) is 12.3 Å². The molecule has 0 aromatic heterocycles. The minimum atomic E-state index is -0.696. The number of urea groups is 1. The van der Waals surface area contributed by atoms with Crippen molar-refractivity contribution >= 4 is 40.7 Å². The predicted molar refractivity (Wildman–Crippen MR) is 106 cm³/mol. The first kappa shape index (κ1) is 20.1. The minimum Gasteiger partial charge on any atom is -0.465 e. The van der Waals surface area contributed by atoms with E-state index >= 15 is 0 Å². The van der Waals surface area contributed by atoms with E-state index in [0.29, 0.717) is 24.2 Å². The number of imide groups is 1. The van der Waals surface area contributed by atoms with Crippen LogP contribution in [-0.2, 0) is 20.9 Å². The molecular weight excluding hydrogens is 380 g/mol. The number of amides is 3. The van der Waals surface area contributed by atoms with Crippen LogP contribution in [0.15, 0.2) is 29.3 Å². The van der Waals surface area contributed by atoms with Crippen LogP contribution < -0.4 is 0 Å². The zero-order valence-corrected chi connectivity index (χ0v) is 17.2. The average Bonchev–Trinajstić information content (AvgIpc) is 3.02. The van der Waals surface area contributed by atoms with E-state index in [1.54, 1.807) is 14.0 Å². The summed E-state index contributed by atoms with van der Waals surface area (Å²) in [6, 6.07) is 6.85. The largest absolute Gasteiger partial charge is 0.465 e. The summed E-state index contributed by atoms with van der Waals surface area (Å²) >= 11 is 1.21. The maximum atomic E-state index is 12.9. The summed E-state index contributed by atoms with van der Waals surface area (Å²) in [5.74, 6) is -0.217. The van der Waals surface area contributed by atoms with Crippen molar-refractivity contribution < 1.29 is 23.7 Å². The van der Waals surface area contributed by atoms with Crippen molar-refractivity contribution in [2.75, 3.05) is 26.5 Å². The fraction of sp³-hybridized carbons (Fsp3) is 0.421. The van der Waals surface area contributed by atoms with Gasteiger partial charge in [0.25, 0.3) is 17.8 Å². The summed E-state index contributed by atoms with van der Waals surface area (Å²) in [6.45, 7) is 4.49. The number of hydrogen-bond donors (Lipinski definition) is 0. The summed E-state index contributed by atoms with van der Waals surface area (Å²) in [4.78, 5) is 44.0. The molecule has 3 rings (SSSR count). The second kappa shape index (κ2) is 8.14. The molecule has 1 fully saturated rings. The summed E-state index contributed by atoms with van der Waals surface area (Å²) in [5, 5.41) is 0.526. The van der Waals surface area contributed by atoms with Crippen molar-refractivity contribution in [3.05, 3.63) is 35.4 Å². The number of thioether (sulfide) groups is 1. The summed E-state index contributed by atoms with van der Waals surface area (Å²) in [6.07, 6.45) is 0. The second-order valence-corrected chi connectivity index (χ2v) is 7.55. The lowest BCUT2D eigenvalue weighted by Gasteiger charge is -2.30. The highest BCUT2D eigenvalue weighted by molar-refractivity contribution is 8.14. The van der Waals surface area contributed by atoms with E-state index in [-0.39, 0.29) is 17.6 Å². The molecule has 0 spiro atoms. The highest BCUT2D eigenvalue weighted by Crippen LogP contribution is 2.24. The molecule has 1 saturated heterocycles. The number of rotatable bonds is 5. The van der Waals surface area contributed by atoms with Crippen LogP contribution in [0.3, 0.4) is 0 Å². The van der Waals surface area contributed by atoms with E-state index in [9.17, 15) is 14.4 Å². The Hall–Kier alpha value is -2.68. The van der Waals surface area contributed by atoms with Crippen LogP contribution in [0, 0.1) is 6.92 Å². The van der Waals surface area contributed by atoms with Crippen molar-refractivity contribution in [3.8, 4) is 0 Å². The molecule has 0 N–H and O–H groups in total. The van der Waals surface area contributed by atoms with Crippen LogP contribution in [0.25, 0.3) is 0 Å². The highest BCUT2D eigenvalue weighted by atomic mass is 32.2. The lowest BCUT2D eigenvalue weighted by atomic mass is 10.1. The van der Waals surface area contributed by atoms with Crippen LogP contribution in [-0.4, -0.2) is 75.8 Å². The Morgan fingerprint density at radius 1 is 1.29 bits per heavy atom. The third-order valence-corrected chi connectivity index (χ3v) is 5.52. The molecule has 2 aliphatic heterocycles. The van der Waals surface area contributed by atoms with E-state index in [2.05, 4.69) is 4.99 Å². The number of likely N-dealkylation sites (N-methyl/N-ethyl adjacent to an activating group) is 2. The average molecular weight is 403 g/mol. The van der Waals surface area contributed by atoms with Crippen molar-refractivity contribution in [3.63, 3.8) is 0 Å². The number of nitrogens with zero attached hydrogens (tertiary/aromatic N) is 4. The molecule has 1 aromatic rings. The van der Waals surface area contributed by atoms with Gasteiger partial charge in [0, 0.05) is 14.1 Å². The van der Waals surface area contributed by atoms with E-state index < -0.39 is 12.1 Å². The van der Waals surface area contributed by atoms with Crippen LogP contribution in [0.4, 0.5) is 4.79 Å². The van der Waals surface area contributed by atoms with Gasteiger partial charge < -0.3 is 4.74 Å². The molecule has 0 bridgehead atoms. The third kappa shape index (κ3) is 3.80. The number of aliphatic imine (C=N–C) groups is 1. The molecule has 0 aliphatic carbocycles. The van der Waals surface area contributed by atoms with Crippen LogP contribution in [0.1, 0.15) is 18.1 Å². The van der Waals surface area contributed by atoms with Crippen LogP contribution in [0.2, 0.25) is 0 Å².